The molecule has 8 heteroatoms. The van der Waals surface area contributed by atoms with Gasteiger partial charge in [-0.25, -0.2) is 9.59 Å². The number of urea groups is 1. The molecule has 0 spiro atoms. The van der Waals surface area contributed by atoms with Gasteiger partial charge in [-0.15, -0.1) is 0 Å². The van der Waals surface area contributed by atoms with Gasteiger partial charge < -0.3 is 26.8 Å². The Kier molecular flexibility index (Phi) is 7.77. The number of nitrogens with one attached hydrogen (secondary N) is 3. The van der Waals surface area contributed by atoms with Crippen LogP contribution in [-0.2, 0) is 9.59 Å². The van der Waals surface area contributed by atoms with Crippen molar-refractivity contribution in [1.29, 1.82) is 0 Å². The van der Waals surface area contributed by atoms with Crippen molar-refractivity contribution in [2.45, 2.75) is 91.3 Å². The summed E-state index contributed by atoms with van der Waals surface area (Å²) in [6.07, 6.45) is 4.86. The largest absolute Gasteiger partial charge is 0.480 e. The molecule has 0 aromatic carbocycles. The van der Waals surface area contributed by atoms with Gasteiger partial charge in [0.1, 0.15) is 12.1 Å². The Hall–Kier alpha value is -1.83. The van der Waals surface area contributed by atoms with Crippen molar-refractivity contribution in [3.8, 4) is 0 Å². The highest BCUT2D eigenvalue weighted by molar-refractivity contribution is 5.89. The van der Waals surface area contributed by atoms with Crippen LogP contribution in [0.3, 0.4) is 0 Å². The smallest absolute Gasteiger partial charge is 0.326 e. The molecule has 0 aliphatic heterocycles. The molecule has 0 radical (unpaired) electrons. The van der Waals surface area contributed by atoms with E-state index in [1.54, 1.807) is 0 Å². The average Bonchev–Trinajstić information content (AvgIpc) is 2.97. The summed E-state index contributed by atoms with van der Waals surface area (Å²) >= 11 is 0. The van der Waals surface area contributed by atoms with Crippen LogP contribution in [0.4, 0.5) is 4.79 Å². The van der Waals surface area contributed by atoms with E-state index in [1.165, 1.54) is 6.42 Å². The Balaban J connectivity index is 1.96. The lowest BCUT2D eigenvalue weighted by Gasteiger charge is -2.33. The van der Waals surface area contributed by atoms with Gasteiger partial charge in [-0.3, -0.25) is 4.79 Å². The number of nitrogens with two attached hydrogens (primary N) is 1. The molecule has 0 saturated heterocycles. The predicted octanol–water partition coefficient (Wildman–Crippen LogP) is 2.22. The zero-order valence-corrected chi connectivity index (χ0v) is 19.1. The van der Waals surface area contributed by atoms with E-state index in [2.05, 4.69) is 36.7 Å². The zero-order chi connectivity index (χ0) is 22.7. The summed E-state index contributed by atoms with van der Waals surface area (Å²) in [5, 5.41) is 17.7. The molecule has 3 amide bonds. The monoisotopic (exact) mass is 424 g/mol. The maximum absolute atomic E-state index is 13.0. The summed E-state index contributed by atoms with van der Waals surface area (Å²) in [6, 6.07) is -2.25. The summed E-state index contributed by atoms with van der Waals surface area (Å²) < 4.78 is 0. The topological polar surface area (TPSA) is 134 Å². The van der Waals surface area contributed by atoms with E-state index in [9.17, 15) is 19.5 Å². The number of hydrogen-bond donors (Lipinski definition) is 5. The SMILES string of the molecule is CC(C)[C@@H](NC(=O)N[C@@H](CCCCN)C(=O)O)C(=O)NC1CC2(C)CCC1C2(C)C. The van der Waals surface area contributed by atoms with Crippen LogP contribution in [0.2, 0.25) is 0 Å². The van der Waals surface area contributed by atoms with Crippen LogP contribution in [0, 0.1) is 22.7 Å². The third-order valence-corrected chi connectivity index (χ3v) is 7.76. The zero-order valence-electron chi connectivity index (χ0n) is 19.1. The van der Waals surface area contributed by atoms with E-state index in [4.69, 9.17) is 5.73 Å². The third-order valence-electron chi connectivity index (χ3n) is 7.76. The number of hydrogen-bond acceptors (Lipinski definition) is 4. The third kappa shape index (κ3) is 5.07. The van der Waals surface area contributed by atoms with Crippen molar-refractivity contribution in [2.24, 2.45) is 28.4 Å². The molecule has 0 heterocycles. The molecule has 8 nitrogen and oxygen atoms in total. The Morgan fingerprint density at radius 1 is 1.13 bits per heavy atom. The van der Waals surface area contributed by atoms with Crippen molar-refractivity contribution in [3.63, 3.8) is 0 Å². The number of rotatable bonds is 10. The van der Waals surface area contributed by atoms with Crippen LogP contribution < -0.4 is 21.7 Å². The lowest BCUT2D eigenvalue weighted by Crippen LogP contribution is -2.57. The Labute approximate surface area is 180 Å². The van der Waals surface area contributed by atoms with Gasteiger partial charge in [0.25, 0.3) is 0 Å². The first-order chi connectivity index (χ1) is 13.9. The van der Waals surface area contributed by atoms with Crippen molar-refractivity contribution < 1.29 is 19.5 Å². The van der Waals surface area contributed by atoms with Gasteiger partial charge in [-0.05, 0) is 67.7 Å². The highest BCUT2D eigenvalue weighted by Crippen LogP contribution is 2.65. The van der Waals surface area contributed by atoms with Crippen LogP contribution in [0.25, 0.3) is 0 Å². The summed E-state index contributed by atoms with van der Waals surface area (Å²) in [5.41, 5.74) is 5.86. The molecule has 0 aromatic rings. The second kappa shape index (κ2) is 9.54. The quantitative estimate of drug-likeness (QED) is 0.343. The lowest BCUT2D eigenvalue weighted by molar-refractivity contribution is -0.139. The van der Waals surface area contributed by atoms with Gasteiger partial charge in [-0.1, -0.05) is 34.6 Å². The number of fused-ring (bicyclic) bond motifs is 2. The fourth-order valence-electron chi connectivity index (χ4n) is 5.35. The Bertz CT molecular complexity index is 648. The van der Waals surface area contributed by atoms with Gasteiger partial charge in [0.2, 0.25) is 5.91 Å². The standard InChI is InChI=1S/C22H40N4O4/c1-13(2)17(26-20(30)25-15(19(28)29)8-6-7-11-23)18(27)24-16-12-22(5)10-9-14(16)21(22,3)4/h13-17H,6-12,23H2,1-5H3,(H,24,27)(H,28,29)(H2,25,26,30)/t14?,15-,16?,17+,22?/m0/s1. The summed E-state index contributed by atoms with van der Waals surface area (Å²) in [7, 11) is 0. The minimum atomic E-state index is -1.09. The van der Waals surface area contributed by atoms with E-state index < -0.39 is 24.1 Å². The highest BCUT2D eigenvalue weighted by Gasteiger charge is 2.60. The molecule has 3 unspecified atom stereocenters. The Morgan fingerprint density at radius 3 is 2.27 bits per heavy atom. The number of carbonyl (C=O) groups is 3. The van der Waals surface area contributed by atoms with E-state index in [0.29, 0.717) is 31.7 Å². The van der Waals surface area contributed by atoms with Gasteiger partial charge in [-0.2, -0.15) is 0 Å². The van der Waals surface area contributed by atoms with E-state index >= 15 is 0 Å². The molecule has 2 aliphatic carbocycles. The molecule has 2 fully saturated rings. The molecule has 5 atom stereocenters. The van der Waals surface area contributed by atoms with Crippen molar-refractivity contribution in [1.82, 2.24) is 16.0 Å². The van der Waals surface area contributed by atoms with Crippen molar-refractivity contribution in [2.75, 3.05) is 6.54 Å². The second-order valence-corrected chi connectivity index (χ2v) is 10.3. The normalized spacial score (nSPS) is 28.8. The molecule has 0 aromatic heterocycles. The molecule has 6 N–H and O–H groups in total. The first-order valence-corrected chi connectivity index (χ1v) is 11.2. The predicted molar refractivity (Wildman–Crippen MR) is 116 cm³/mol. The van der Waals surface area contributed by atoms with Gasteiger partial charge in [0.15, 0.2) is 0 Å². The van der Waals surface area contributed by atoms with Crippen LogP contribution in [-0.4, -0.2) is 47.7 Å². The molecule has 30 heavy (non-hydrogen) atoms. The maximum atomic E-state index is 13.0. The molecule has 2 saturated carbocycles. The summed E-state index contributed by atoms with van der Waals surface area (Å²) in [6.45, 7) is 11.1. The second-order valence-electron chi connectivity index (χ2n) is 10.3. The lowest BCUT2D eigenvalue weighted by atomic mass is 9.71. The number of aliphatic carboxylic acids is 1. The van der Waals surface area contributed by atoms with E-state index in [0.717, 1.165) is 12.8 Å². The van der Waals surface area contributed by atoms with E-state index in [-0.39, 0.29) is 28.7 Å². The van der Waals surface area contributed by atoms with Gasteiger partial charge >= 0.3 is 12.0 Å². The molecule has 2 bridgehead atoms. The highest BCUT2D eigenvalue weighted by atomic mass is 16.4. The molecule has 2 rings (SSSR count). The molecular weight excluding hydrogens is 384 g/mol. The average molecular weight is 425 g/mol. The molecule has 2 aliphatic rings. The fourth-order valence-corrected chi connectivity index (χ4v) is 5.35. The van der Waals surface area contributed by atoms with Crippen LogP contribution in [0.1, 0.15) is 73.1 Å². The van der Waals surface area contributed by atoms with Crippen LogP contribution in [0.15, 0.2) is 0 Å². The van der Waals surface area contributed by atoms with Gasteiger partial charge in [0, 0.05) is 6.04 Å². The first kappa shape index (κ1) is 24.4. The minimum absolute atomic E-state index is 0.111. The fraction of sp³-hybridized carbons (Fsp3) is 0.864. The number of carboxylic acid groups (broad SMARTS) is 1. The van der Waals surface area contributed by atoms with Crippen LogP contribution >= 0.6 is 0 Å². The van der Waals surface area contributed by atoms with E-state index in [1.807, 2.05) is 13.8 Å². The summed E-state index contributed by atoms with van der Waals surface area (Å²) in [4.78, 5) is 36.9. The number of amides is 3. The van der Waals surface area contributed by atoms with Gasteiger partial charge in [0.05, 0.1) is 0 Å². The first-order valence-electron chi connectivity index (χ1n) is 11.2. The van der Waals surface area contributed by atoms with Crippen molar-refractivity contribution in [3.05, 3.63) is 0 Å². The number of carbonyl (C=O) groups excluding carboxylic acids is 2. The molecule has 172 valence electrons. The van der Waals surface area contributed by atoms with Crippen LogP contribution in [0.5, 0.6) is 0 Å². The number of carboxylic acids is 1. The Morgan fingerprint density at radius 2 is 1.80 bits per heavy atom. The maximum Gasteiger partial charge on any atom is 0.326 e. The molecular formula is C22H40N4O4. The van der Waals surface area contributed by atoms with Crippen molar-refractivity contribution >= 4 is 17.9 Å². The summed E-state index contributed by atoms with van der Waals surface area (Å²) in [5.74, 6) is -0.984. The minimum Gasteiger partial charge on any atom is -0.480 e. The number of unbranched alkanes of at least 4 members (excludes halogenated alkanes) is 1.